The summed E-state index contributed by atoms with van der Waals surface area (Å²) in [7, 11) is 0. The molecule has 0 saturated heterocycles. The van der Waals surface area contributed by atoms with Crippen LogP contribution in [0.4, 0.5) is 0 Å². The number of ether oxygens (including phenoxy) is 3. The Morgan fingerprint density at radius 2 is 0.931 bits per heavy atom. The van der Waals surface area contributed by atoms with E-state index in [-0.39, 0.29) is 28.4 Å². The average Bonchev–Trinajstić information content (AvgIpc) is 2.71. The first-order chi connectivity index (χ1) is 13.9. The van der Waals surface area contributed by atoms with Gasteiger partial charge in [-0.3, -0.25) is 4.79 Å². The summed E-state index contributed by atoms with van der Waals surface area (Å²) in [5.41, 5.74) is 0.496. The van der Waals surface area contributed by atoms with E-state index in [9.17, 15) is 19.5 Å². The van der Waals surface area contributed by atoms with Gasteiger partial charge in [-0.05, 0) is 72.8 Å². The number of phenolic OH excluding ortho intramolecular Hbond substituents is 1. The maximum Gasteiger partial charge on any atom is 0.343 e. The molecule has 146 valence electrons. The van der Waals surface area contributed by atoms with Crippen molar-refractivity contribution in [2.45, 2.75) is 6.92 Å². The average molecular weight is 392 g/mol. The van der Waals surface area contributed by atoms with Gasteiger partial charge in [-0.15, -0.1) is 0 Å². The van der Waals surface area contributed by atoms with Crippen LogP contribution in [-0.4, -0.2) is 23.0 Å². The van der Waals surface area contributed by atoms with Crippen molar-refractivity contribution >= 4 is 17.9 Å². The van der Waals surface area contributed by atoms with Crippen LogP contribution >= 0.6 is 0 Å². The molecule has 0 heterocycles. The molecule has 3 aromatic rings. The van der Waals surface area contributed by atoms with Crippen molar-refractivity contribution in [1.29, 1.82) is 0 Å². The van der Waals surface area contributed by atoms with Crippen LogP contribution in [0.1, 0.15) is 27.6 Å². The van der Waals surface area contributed by atoms with Gasteiger partial charge in [0.15, 0.2) is 0 Å². The summed E-state index contributed by atoms with van der Waals surface area (Å²) in [5, 5.41) is 9.24. The molecule has 0 aliphatic rings. The van der Waals surface area contributed by atoms with E-state index in [0.29, 0.717) is 5.75 Å². The van der Waals surface area contributed by atoms with Crippen LogP contribution in [-0.2, 0) is 4.79 Å². The molecule has 0 bridgehead atoms. The van der Waals surface area contributed by atoms with Gasteiger partial charge in [0.05, 0.1) is 11.1 Å². The molecule has 0 unspecified atom stereocenters. The zero-order chi connectivity index (χ0) is 20.8. The highest BCUT2D eigenvalue weighted by Crippen LogP contribution is 2.20. The molecule has 0 spiro atoms. The smallest absolute Gasteiger partial charge is 0.343 e. The predicted octanol–water partition coefficient (Wildman–Crippen LogP) is 3.76. The molecule has 7 nitrogen and oxygen atoms in total. The van der Waals surface area contributed by atoms with Crippen LogP contribution in [0.15, 0.2) is 72.8 Å². The van der Waals surface area contributed by atoms with Crippen LogP contribution in [0, 0.1) is 0 Å². The largest absolute Gasteiger partial charge is 0.508 e. The second-order valence-corrected chi connectivity index (χ2v) is 5.92. The summed E-state index contributed by atoms with van der Waals surface area (Å²) in [5.74, 6) is -0.684. The monoisotopic (exact) mass is 392 g/mol. The third-order valence-corrected chi connectivity index (χ3v) is 3.70. The van der Waals surface area contributed by atoms with Crippen molar-refractivity contribution in [1.82, 2.24) is 0 Å². The van der Waals surface area contributed by atoms with Crippen molar-refractivity contribution < 1.29 is 33.7 Å². The first-order valence-corrected chi connectivity index (χ1v) is 8.52. The Hall–Kier alpha value is -4.13. The highest BCUT2D eigenvalue weighted by molar-refractivity contribution is 5.94. The first-order valence-electron chi connectivity index (χ1n) is 8.52. The standard InChI is InChI=1S/C22H16O7/c1-14(23)27-18-10-12-20(13-11-18)29-22(26)16-4-2-15(3-5-16)21(25)28-19-8-6-17(24)7-9-19/h2-13,24H,1H3. The third kappa shape index (κ3) is 5.43. The highest BCUT2D eigenvalue weighted by Gasteiger charge is 2.13. The number of carbonyl (C=O) groups is 3. The lowest BCUT2D eigenvalue weighted by atomic mass is 10.1. The number of rotatable bonds is 5. The van der Waals surface area contributed by atoms with Crippen LogP contribution in [0.5, 0.6) is 23.0 Å². The number of benzene rings is 3. The highest BCUT2D eigenvalue weighted by atomic mass is 16.5. The van der Waals surface area contributed by atoms with E-state index in [1.807, 2.05) is 0 Å². The van der Waals surface area contributed by atoms with Gasteiger partial charge in [-0.25, -0.2) is 9.59 Å². The maximum atomic E-state index is 12.2. The molecule has 7 heteroatoms. The van der Waals surface area contributed by atoms with E-state index in [4.69, 9.17) is 14.2 Å². The van der Waals surface area contributed by atoms with E-state index in [1.165, 1.54) is 79.7 Å². The fraction of sp³-hybridized carbons (Fsp3) is 0.0455. The normalized spacial score (nSPS) is 10.1. The SMILES string of the molecule is CC(=O)Oc1ccc(OC(=O)c2ccc(C(=O)Oc3ccc(O)cc3)cc2)cc1. The summed E-state index contributed by atoms with van der Waals surface area (Å²) in [4.78, 5) is 35.3. The maximum absolute atomic E-state index is 12.2. The van der Waals surface area contributed by atoms with Crippen molar-refractivity contribution in [2.24, 2.45) is 0 Å². The van der Waals surface area contributed by atoms with E-state index in [0.717, 1.165) is 0 Å². The lowest BCUT2D eigenvalue weighted by molar-refractivity contribution is -0.131. The van der Waals surface area contributed by atoms with Gasteiger partial charge in [0.2, 0.25) is 0 Å². The molecule has 0 aromatic heterocycles. The number of aromatic hydroxyl groups is 1. The van der Waals surface area contributed by atoms with Crippen molar-refractivity contribution in [2.75, 3.05) is 0 Å². The number of carbonyl (C=O) groups excluding carboxylic acids is 3. The zero-order valence-electron chi connectivity index (χ0n) is 15.3. The number of hydrogen-bond donors (Lipinski definition) is 1. The summed E-state index contributed by atoms with van der Waals surface area (Å²) in [6.07, 6.45) is 0. The van der Waals surface area contributed by atoms with Gasteiger partial charge < -0.3 is 19.3 Å². The minimum absolute atomic E-state index is 0.0636. The Morgan fingerprint density at radius 1 is 0.586 bits per heavy atom. The molecule has 3 aromatic carbocycles. The summed E-state index contributed by atoms with van der Waals surface area (Å²) >= 11 is 0. The van der Waals surface area contributed by atoms with E-state index < -0.39 is 17.9 Å². The minimum atomic E-state index is -0.608. The Kier molecular flexibility index (Phi) is 5.89. The van der Waals surface area contributed by atoms with Gasteiger partial charge in [0.1, 0.15) is 23.0 Å². The number of hydrogen-bond acceptors (Lipinski definition) is 7. The summed E-state index contributed by atoms with van der Waals surface area (Å²) in [6, 6.07) is 17.5. The number of phenols is 1. The molecule has 0 atom stereocenters. The molecule has 1 N–H and O–H groups in total. The van der Waals surface area contributed by atoms with Gasteiger partial charge in [-0.1, -0.05) is 0 Å². The van der Waals surface area contributed by atoms with Crippen LogP contribution < -0.4 is 14.2 Å². The van der Waals surface area contributed by atoms with Crippen molar-refractivity contribution in [3.8, 4) is 23.0 Å². The van der Waals surface area contributed by atoms with Gasteiger partial charge in [0.25, 0.3) is 0 Å². The molecule has 29 heavy (non-hydrogen) atoms. The topological polar surface area (TPSA) is 99.1 Å². The van der Waals surface area contributed by atoms with Crippen LogP contribution in [0.2, 0.25) is 0 Å². The number of esters is 3. The van der Waals surface area contributed by atoms with Crippen LogP contribution in [0.3, 0.4) is 0 Å². The molecule has 0 amide bonds. The molecular weight excluding hydrogens is 376 g/mol. The minimum Gasteiger partial charge on any atom is -0.508 e. The molecule has 0 saturated carbocycles. The van der Waals surface area contributed by atoms with Crippen LogP contribution in [0.25, 0.3) is 0 Å². The fourth-order valence-corrected chi connectivity index (χ4v) is 2.33. The van der Waals surface area contributed by atoms with E-state index >= 15 is 0 Å². The molecular formula is C22H16O7. The third-order valence-electron chi connectivity index (χ3n) is 3.70. The zero-order valence-corrected chi connectivity index (χ0v) is 15.3. The molecule has 3 rings (SSSR count). The van der Waals surface area contributed by atoms with Gasteiger partial charge in [0, 0.05) is 6.92 Å². The van der Waals surface area contributed by atoms with Gasteiger partial charge >= 0.3 is 17.9 Å². The van der Waals surface area contributed by atoms with Crippen molar-refractivity contribution in [3.05, 3.63) is 83.9 Å². The lowest BCUT2D eigenvalue weighted by Gasteiger charge is -2.07. The molecule has 0 aliphatic carbocycles. The van der Waals surface area contributed by atoms with Gasteiger partial charge in [-0.2, -0.15) is 0 Å². The predicted molar refractivity (Wildman–Crippen MR) is 102 cm³/mol. The van der Waals surface area contributed by atoms with E-state index in [1.54, 1.807) is 0 Å². The second-order valence-electron chi connectivity index (χ2n) is 5.92. The Morgan fingerprint density at radius 3 is 1.31 bits per heavy atom. The summed E-state index contributed by atoms with van der Waals surface area (Å²) < 4.78 is 15.3. The fourth-order valence-electron chi connectivity index (χ4n) is 2.33. The Balaban J connectivity index is 1.61. The summed E-state index contributed by atoms with van der Waals surface area (Å²) in [6.45, 7) is 1.29. The first kappa shape index (κ1) is 19.6. The quantitative estimate of drug-likeness (QED) is 0.521. The van der Waals surface area contributed by atoms with Crippen molar-refractivity contribution in [3.63, 3.8) is 0 Å². The molecule has 0 aliphatic heterocycles. The Labute approximate surface area is 166 Å². The molecule has 0 radical (unpaired) electrons. The Bertz CT molecular complexity index is 1020. The van der Waals surface area contributed by atoms with E-state index in [2.05, 4.69) is 0 Å². The molecule has 0 fully saturated rings. The second kappa shape index (κ2) is 8.71. The lowest BCUT2D eigenvalue weighted by Crippen LogP contribution is -2.11.